The first-order chi connectivity index (χ1) is 10.4. The second-order valence-electron chi connectivity index (χ2n) is 5.99. The molecule has 1 amide bonds. The number of carbonyl (C=O) groups is 1. The van der Waals surface area contributed by atoms with Crippen molar-refractivity contribution in [1.29, 1.82) is 0 Å². The molecular weight excluding hydrogens is 300 g/mol. The summed E-state index contributed by atoms with van der Waals surface area (Å²) in [5, 5.41) is 4.82. The Labute approximate surface area is 134 Å². The number of thiazole rings is 1. The van der Waals surface area contributed by atoms with E-state index in [4.69, 9.17) is 4.74 Å². The third-order valence-corrected chi connectivity index (χ3v) is 3.58. The highest BCUT2D eigenvalue weighted by Gasteiger charge is 2.15. The van der Waals surface area contributed by atoms with Crippen LogP contribution in [0.4, 0.5) is 4.79 Å². The van der Waals surface area contributed by atoms with Crippen LogP contribution in [0.25, 0.3) is 0 Å². The van der Waals surface area contributed by atoms with E-state index in [9.17, 15) is 4.79 Å². The molecule has 0 saturated carbocycles. The number of rotatable bonds is 6. The van der Waals surface area contributed by atoms with E-state index in [2.05, 4.69) is 25.2 Å². The summed E-state index contributed by atoms with van der Waals surface area (Å²) in [4.78, 5) is 20.0. The smallest absolute Gasteiger partial charge is 0.407 e. The van der Waals surface area contributed by atoms with E-state index in [0.717, 1.165) is 30.8 Å². The lowest BCUT2D eigenvalue weighted by Crippen LogP contribution is -2.33. The fourth-order valence-electron chi connectivity index (χ4n) is 1.96. The SMILES string of the molecule is CC(C)(C)OC(=O)NCCc1cncn1CCc1cscn1. The molecule has 0 aliphatic carbocycles. The number of hydrogen-bond acceptors (Lipinski definition) is 5. The van der Waals surface area contributed by atoms with Crippen LogP contribution in [0.3, 0.4) is 0 Å². The Morgan fingerprint density at radius 3 is 2.91 bits per heavy atom. The summed E-state index contributed by atoms with van der Waals surface area (Å²) in [5.41, 5.74) is 3.55. The quantitative estimate of drug-likeness (QED) is 0.887. The number of nitrogens with zero attached hydrogens (tertiary/aromatic N) is 3. The standard InChI is InChI=1S/C15H22N4O2S/c1-15(2,3)21-14(20)17-6-4-13-8-16-10-19(13)7-5-12-9-22-11-18-12/h8-11H,4-7H2,1-3H3,(H,17,20). The van der Waals surface area contributed by atoms with Crippen LogP contribution in [-0.2, 0) is 24.1 Å². The van der Waals surface area contributed by atoms with E-state index in [0.29, 0.717) is 6.54 Å². The topological polar surface area (TPSA) is 69.0 Å². The van der Waals surface area contributed by atoms with Gasteiger partial charge < -0.3 is 14.6 Å². The predicted octanol–water partition coefficient (Wildman–Crippen LogP) is 2.65. The summed E-state index contributed by atoms with van der Waals surface area (Å²) >= 11 is 1.61. The second kappa shape index (κ2) is 7.40. The maximum Gasteiger partial charge on any atom is 0.407 e. The third kappa shape index (κ3) is 5.48. The van der Waals surface area contributed by atoms with Crippen LogP contribution in [0.2, 0.25) is 0 Å². The molecule has 0 aliphatic rings. The minimum absolute atomic E-state index is 0.388. The van der Waals surface area contributed by atoms with Crippen molar-refractivity contribution in [1.82, 2.24) is 19.9 Å². The fourth-order valence-corrected chi connectivity index (χ4v) is 2.55. The lowest BCUT2D eigenvalue weighted by Gasteiger charge is -2.19. The molecule has 2 aromatic heterocycles. The first-order valence-electron chi connectivity index (χ1n) is 7.27. The minimum Gasteiger partial charge on any atom is -0.444 e. The Balaban J connectivity index is 1.76. The fraction of sp³-hybridized carbons (Fsp3) is 0.533. The largest absolute Gasteiger partial charge is 0.444 e. The van der Waals surface area contributed by atoms with Gasteiger partial charge in [-0.05, 0) is 20.8 Å². The molecule has 6 nitrogen and oxygen atoms in total. The highest BCUT2D eigenvalue weighted by atomic mass is 32.1. The van der Waals surface area contributed by atoms with E-state index in [1.807, 2.05) is 38.8 Å². The molecule has 0 bridgehead atoms. The van der Waals surface area contributed by atoms with Crippen LogP contribution in [0, 0.1) is 0 Å². The van der Waals surface area contributed by atoms with Gasteiger partial charge in [0.15, 0.2) is 0 Å². The lowest BCUT2D eigenvalue weighted by molar-refractivity contribution is 0.0528. The van der Waals surface area contributed by atoms with Crippen LogP contribution in [-0.4, -0.2) is 32.8 Å². The van der Waals surface area contributed by atoms with Gasteiger partial charge in [0.25, 0.3) is 0 Å². The molecule has 2 rings (SSSR count). The van der Waals surface area contributed by atoms with E-state index in [1.54, 1.807) is 11.3 Å². The summed E-state index contributed by atoms with van der Waals surface area (Å²) in [5.74, 6) is 0. The van der Waals surface area contributed by atoms with Gasteiger partial charge in [0.1, 0.15) is 5.60 Å². The van der Waals surface area contributed by atoms with Gasteiger partial charge in [0, 0.05) is 43.2 Å². The highest BCUT2D eigenvalue weighted by molar-refractivity contribution is 7.07. The number of nitrogens with one attached hydrogen (secondary N) is 1. The van der Waals surface area contributed by atoms with E-state index in [1.165, 1.54) is 0 Å². The Morgan fingerprint density at radius 1 is 1.41 bits per heavy atom. The normalized spacial score (nSPS) is 11.4. The molecule has 7 heteroatoms. The van der Waals surface area contributed by atoms with Crippen molar-refractivity contribution in [3.05, 3.63) is 34.8 Å². The maximum atomic E-state index is 11.6. The summed E-state index contributed by atoms with van der Waals surface area (Å²) in [6, 6.07) is 0. The Kier molecular flexibility index (Phi) is 5.54. The third-order valence-electron chi connectivity index (χ3n) is 2.94. The lowest BCUT2D eigenvalue weighted by atomic mass is 10.2. The highest BCUT2D eigenvalue weighted by Crippen LogP contribution is 2.08. The molecule has 0 aromatic carbocycles. The molecule has 1 N–H and O–H groups in total. The number of ether oxygens (including phenoxy) is 1. The molecule has 0 saturated heterocycles. The number of imidazole rings is 1. The zero-order chi connectivity index (χ0) is 16.0. The molecule has 0 radical (unpaired) electrons. The van der Waals surface area contributed by atoms with Gasteiger partial charge in [-0.25, -0.2) is 14.8 Å². The molecule has 0 atom stereocenters. The van der Waals surface area contributed by atoms with Crippen molar-refractivity contribution in [3.63, 3.8) is 0 Å². The zero-order valence-electron chi connectivity index (χ0n) is 13.2. The van der Waals surface area contributed by atoms with E-state index in [-0.39, 0.29) is 6.09 Å². The van der Waals surface area contributed by atoms with Crippen molar-refractivity contribution >= 4 is 17.4 Å². The summed E-state index contributed by atoms with van der Waals surface area (Å²) < 4.78 is 7.30. The molecule has 120 valence electrons. The van der Waals surface area contributed by atoms with Gasteiger partial charge in [0.2, 0.25) is 0 Å². The molecule has 22 heavy (non-hydrogen) atoms. The number of carbonyl (C=O) groups excluding carboxylic acids is 1. The average molecular weight is 322 g/mol. The van der Waals surface area contributed by atoms with Crippen molar-refractivity contribution in [2.24, 2.45) is 0 Å². The first-order valence-corrected chi connectivity index (χ1v) is 8.21. The Hall–Kier alpha value is -1.89. The van der Waals surface area contributed by atoms with Gasteiger partial charge in [-0.3, -0.25) is 0 Å². The van der Waals surface area contributed by atoms with Gasteiger partial charge in [0.05, 0.1) is 17.5 Å². The Bertz CT molecular complexity index is 587. The van der Waals surface area contributed by atoms with Gasteiger partial charge in [-0.2, -0.15) is 0 Å². The van der Waals surface area contributed by atoms with Crippen LogP contribution < -0.4 is 5.32 Å². The van der Waals surface area contributed by atoms with Crippen molar-refractivity contribution in [3.8, 4) is 0 Å². The molecule has 0 unspecified atom stereocenters. The van der Waals surface area contributed by atoms with E-state index >= 15 is 0 Å². The molecule has 0 fully saturated rings. The van der Waals surface area contributed by atoms with Crippen LogP contribution >= 0.6 is 11.3 Å². The maximum absolute atomic E-state index is 11.6. The van der Waals surface area contributed by atoms with E-state index < -0.39 is 5.60 Å². The van der Waals surface area contributed by atoms with Gasteiger partial charge in [-0.15, -0.1) is 11.3 Å². The van der Waals surface area contributed by atoms with Crippen molar-refractivity contribution < 1.29 is 9.53 Å². The van der Waals surface area contributed by atoms with Gasteiger partial charge >= 0.3 is 6.09 Å². The van der Waals surface area contributed by atoms with Crippen molar-refractivity contribution in [2.75, 3.05) is 6.54 Å². The minimum atomic E-state index is -0.473. The number of aromatic nitrogens is 3. The second-order valence-corrected chi connectivity index (χ2v) is 6.71. The number of alkyl carbamates (subject to hydrolysis) is 1. The van der Waals surface area contributed by atoms with Crippen LogP contribution in [0.1, 0.15) is 32.2 Å². The summed E-state index contributed by atoms with van der Waals surface area (Å²) in [6.45, 7) is 6.91. The molecule has 0 spiro atoms. The number of aryl methyl sites for hydroxylation is 2. The average Bonchev–Trinajstić information content (AvgIpc) is 3.04. The van der Waals surface area contributed by atoms with Crippen molar-refractivity contribution in [2.45, 2.75) is 45.8 Å². The number of hydrogen-bond donors (Lipinski definition) is 1. The summed E-state index contributed by atoms with van der Waals surface area (Å²) in [6.07, 6.45) is 4.86. The monoisotopic (exact) mass is 322 g/mol. The van der Waals surface area contributed by atoms with Crippen LogP contribution in [0.15, 0.2) is 23.4 Å². The molecule has 2 heterocycles. The molecule has 2 aromatic rings. The zero-order valence-corrected chi connectivity index (χ0v) is 14.0. The predicted molar refractivity (Wildman–Crippen MR) is 86.0 cm³/mol. The van der Waals surface area contributed by atoms with Gasteiger partial charge in [-0.1, -0.05) is 0 Å². The summed E-state index contributed by atoms with van der Waals surface area (Å²) in [7, 11) is 0. The molecular formula is C15H22N4O2S. The number of amides is 1. The molecule has 0 aliphatic heterocycles. The first kappa shape index (κ1) is 16.5. The van der Waals surface area contributed by atoms with Crippen LogP contribution in [0.5, 0.6) is 0 Å². The Morgan fingerprint density at radius 2 is 2.23 bits per heavy atom.